The standard InChI is InChI=1S/C13H24N2O4/c1-13(2,3)19-12(17)15-7-5-9(11(16)18-4)10(14)6-8-15/h9-10H,5-8,14H2,1-4H3/t9-,10-/m0/s1. The second kappa shape index (κ2) is 6.23. The van der Waals surface area contributed by atoms with Crippen LogP contribution in [0.3, 0.4) is 0 Å². The van der Waals surface area contributed by atoms with Gasteiger partial charge in [0.1, 0.15) is 5.60 Å². The number of amides is 1. The van der Waals surface area contributed by atoms with Gasteiger partial charge in [0, 0.05) is 19.1 Å². The van der Waals surface area contributed by atoms with E-state index in [2.05, 4.69) is 0 Å². The smallest absolute Gasteiger partial charge is 0.410 e. The summed E-state index contributed by atoms with van der Waals surface area (Å²) in [6.07, 6.45) is 0.719. The van der Waals surface area contributed by atoms with Crippen molar-refractivity contribution in [1.82, 2.24) is 4.90 Å². The topological polar surface area (TPSA) is 81.9 Å². The van der Waals surface area contributed by atoms with Crippen molar-refractivity contribution in [1.29, 1.82) is 0 Å². The van der Waals surface area contributed by atoms with Crippen molar-refractivity contribution in [2.45, 2.75) is 45.3 Å². The Balaban J connectivity index is 2.62. The Morgan fingerprint density at radius 1 is 1.21 bits per heavy atom. The molecule has 1 aliphatic heterocycles. The van der Waals surface area contributed by atoms with Gasteiger partial charge < -0.3 is 20.1 Å². The average Bonchev–Trinajstić information content (AvgIpc) is 2.48. The van der Waals surface area contributed by atoms with Crippen LogP contribution in [0.1, 0.15) is 33.6 Å². The molecule has 0 radical (unpaired) electrons. The van der Waals surface area contributed by atoms with E-state index >= 15 is 0 Å². The summed E-state index contributed by atoms with van der Waals surface area (Å²) in [7, 11) is 1.35. The third-order valence-electron chi connectivity index (χ3n) is 3.11. The first-order valence-corrected chi connectivity index (χ1v) is 6.56. The second-order valence-electron chi connectivity index (χ2n) is 5.84. The van der Waals surface area contributed by atoms with E-state index in [-0.39, 0.29) is 24.0 Å². The number of esters is 1. The van der Waals surface area contributed by atoms with Crippen molar-refractivity contribution in [3.63, 3.8) is 0 Å². The van der Waals surface area contributed by atoms with Gasteiger partial charge in [-0.3, -0.25) is 4.79 Å². The molecule has 2 atom stereocenters. The number of nitrogens with zero attached hydrogens (tertiary/aromatic N) is 1. The fourth-order valence-corrected chi connectivity index (χ4v) is 2.08. The van der Waals surface area contributed by atoms with Gasteiger partial charge in [-0.05, 0) is 33.6 Å². The average molecular weight is 272 g/mol. The molecule has 1 saturated heterocycles. The molecule has 2 N–H and O–H groups in total. The summed E-state index contributed by atoms with van der Waals surface area (Å²) < 4.78 is 10.1. The van der Waals surface area contributed by atoms with Crippen LogP contribution in [0.4, 0.5) is 4.79 Å². The minimum atomic E-state index is -0.521. The predicted octanol–water partition coefficient (Wildman–Crippen LogP) is 1.13. The van der Waals surface area contributed by atoms with Crippen molar-refractivity contribution in [2.24, 2.45) is 11.7 Å². The van der Waals surface area contributed by atoms with Crippen LogP contribution >= 0.6 is 0 Å². The maximum atomic E-state index is 12.0. The molecule has 110 valence electrons. The molecule has 6 heteroatoms. The van der Waals surface area contributed by atoms with E-state index in [1.165, 1.54) is 7.11 Å². The van der Waals surface area contributed by atoms with E-state index < -0.39 is 5.60 Å². The fourth-order valence-electron chi connectivity index (χ4n) is 2.08. The van der Waals surface area contributed by atoms with Gasteiger partial charge >= 0.3 is 12.1 Å². The molecule has 0 spiro atoms. The van der Waals surface area contributed by atoms with Crippen LogP contribution in [-0.2, 0) is 14.3 Å². The quantitative estimate of drug-likeness (QED) is 0.724. The molecule has 1 rings (SSSR count). The third kappa shape index (κ3) is 4.70. The molecule has 6 nitrogen and oxygen atoms in total. The second-order valence-corrected chi connectivity index (χ2v) is 5.84. The molecule has 1 heterocycles. The molecule has 1 fully saturated rings. The van der Waals surface area contributed by atoms with E-state index in [0.29, 0.717) is 25.9 Å². The first-order chi connectivity index (χ1) is 8.74. The van der Waals surface area contributed by atoms with E-state index in [9.17, 15) is 9.59 Å². The van der Waals surface area contributed by atoms with Gasteiger partial charge in [-0.15, -0.1) is 0 Å². The molecule has 1 amide bonds. The minimum Gasteiger partial charge on any atom is -0.469 e. The van der Waals surface area contributed by atoms with Gasteiger partial charge in [-0.25, -0.2) is 4.79 Å². The number of carbonyl (C=O) groups is 2. The summed E-state index contributed by atoms with van der Waals surface area (Å²) in [4.78, 5) is 25.2. The monoisotopic (exact) mass is 272 g/mol. The van der Waals surface area contributed by atoms with Crippen LogP contribution in [0, 0.1) is 5.92 Å². The Morgan fingerprint density at radius 3 is 2.32 bits per heavy atom. The van der Waals surface area contributed by atoms with Crippen LogP contribution in [0.2, 0.25) is 0 Å². The van der Waals surface area contributed by atoms with Crippen LogP contribution in [-0.4, -0.2) is 48.8 Å². The van der Waals surface area contributed by atoms with Crippen molar-refractivity contribution in [3.05, 3.63) is 0 Å². The van der Waals surface area contributed by atoms with Gasteiger partial charge in [0.2, 0.25) is 0 Å². The highest BCUT2D eigenvalue weighted by atomic mass is 16.6. The highest BCUT2D eigenvalue weighted by Gasteiger charge is 2.32. The van der Waals surface area contributed by atoms with Crippen LogP contribution in [0.15, 0.2) is 0 Å². The lowest BCUT2D eigenvalue weighted by atomic mass is 9.96. The van der Waals surface area contributed by atoms with Gasteiger partial charge in [0.25, 0.3) is 0 Å². The zero-order valence-corrected chi connectivity index (χ0v) is 12.1. The van der Waals surface area contributed by atoms with Crippen LogP contribution in [0.5, 0.6) is 0 Å². The molecule has 0 unspecified atom stereocenters. The van der Waals surface area contributed by atoms with Gasteiger partial charge in [0.15, 0.2) is 0 Å². The Kier molecular flexibility index (Phi) is 5.17. The van der Waals surface area contributed by atoms with E-state index in [1.54, 1.807) is 4.90 Å². The third-order valence-corrected chi connectivity index (χ3v) is 3.11. The number of ether oxygens (including phenoxy) is 2. The minimum absolute atomic E-state index is 0.278. The Morgan fingerprint density at radius 2 is 1.79 bits per heavy atom. The SMILES string of the molecule is COC(=O)[C@H]1CCN(C(=O)OC(C)(C)C)CC[C@@H]1N. The number of hydrogen-bond donors (Lipinski definition) is 1. The maximum Gasteiger partial charge on any atom is 0.410 e. The lowest BCUT2D eigenvalue weighted by Crippen LogP contribution is -2.37. The van der Waals surface area contributed by atoms with Crippen LogP contribution < -0.4 is 5.73 Å². The number of rotatable bonds is 1. The molecule has 1 aliphatic rings. The largest absolute Gasteiger partial charge is 0.469 e. The summed E-state index contributed by atoms with van der Waals surface area (Å²) in [6, 6.07) is -0.278. The molecule has 0 bridgehead atoms. The van der Waals surface area contributed by atoms with Gasteiger partial charge in [-0.1, -0.05) is 0 Å². The molecular formula is C13H24N2O4. The summed E-state index contributed by atoms with van der Waals surface area (Å²) in [6.45, 7) is 6.44. The highest BCUT2D eigenvalue weighted by molar-refractivity contribution is 5.73. The summed E-state index contributed by atoms with van der Waals surface area (Å²) in [5.74, 6) is -0.657. The van der Waals surface area contributed by atoms with Crippen molar-refractivity contribution in [2.75, 3.05) is 20.2 Å². The summed E-state index contributed by atoms with van der Waals surface area (Å²) in [5.41, 5.74) is 5.44. The predicted molar refractivity (Wildman–Crippen MR) is 70.5 cm³/mol. The number of likely N-dealkylation sites (tertiary alicyclic amines) is 1. The normalized spacial score (nSPS) is 24.6. The molecule has 0 aromatic carbocycles. The van der Waals surface area contributed by atoms with Gasteiger partial charge in [0.05, 0.1) is 13.0 Å². The summed E-state index contributed by atoms with van der Waals surface area (Å²) in [5, 5.41) is 0. The Hall–Kier alpha value is -1.30. The molecule has 19 heavy (non-hydrogen) atoms. The highest BCUT2D eigenvalue weighted by Crippen LogP contribution is 2.20. The van der Waals surface area contributed by atoms with Gasteiger partial charge in [-0.2, -0.15) is 0 Å². The summed E-state index contributed by atoms with van der Waals surface area (Å²) >= 11 is 0. The molecule has 0 aromatic rings. The molecule has 0 saturated carbocycles. The first-order valence-electron chi connectivity index (χ1n) is 6.56. The Labute approximate surface area is 114 Å². The van der Waals surface area contributed by atoms with Crippen molar-refractivity contribution in [3.8, 4) is 0 Å². The van der Waals surface area contributed by atoms with E-state index in [4.69, 9.17) is 15.2 Å². The zero-order chi connectivity index (χ0) is 14.6. The van der Waals surface area contributed by atoms with E-state index in [0.717, 1.165) is 0 Å². The van der Waals surface area contributed by atoms with Crippen molar-refractivity contribution >= 4 is 12.1 Å². The van der Waals surface area contributed by atoms with Crippen molar-refractivity contribution < 1.29 is 19.1 Å². The zero-order valence-electron chi connectivity index (χ0n) is 12.1. The lowest BCUT2D eigenvalue weighted by Gasteiger charge is -2.26. The van der Waals surface area contributed by atoms with Crippen LogP contribution in [0.25, 0.3) is 0 Å². The number of hydrogen-bond acceptors (Lipinski definition) is 5. The fraction of sp³-hybridized carbons (Fsp3) is 0.846. The molecular weight excluding hydrogens is 248 g/mol. The molecule has 0 aromatic heterocycles. The number of carbonyl (C=O) groups excluding carboxylic acids is 2. The Bertz CT molecular complexity index is 338. The first kappa shape index (κ1) is 15.8. The van der Waals surface area contributed by atoms with E-state index in [1.807, 2.05) is 20.8 Å². The number of nitrogens with two attached hydrogens (primary N) is 1. The molecule has 0 aliphatic carbocycles. The lowest BCUT2D eigenvalue weighted by molar-refractivity contribution is -0.146. The maximum absolute atomic E-state index is 12.0. The number of methoxy groups -OCH3 is 1.